The van der Waals surface area contributed by atoms with Crippen LogP contribution in [0.3, 0.4) is 0 Å². The maximum Gasteiger partial charge on any atom is 0.177 e. The molecule has 3 nitrogen and oxygen atoms in total. The minimum absolute atomic E-state index is 0.122. The van der Waals surface area contributed by atoms with E-state index in [9.17, 15) is 9.59 Å². The first kappa shape index (κ1) is 12.9. The largest absolute Gasteiger partial charge is 0.494 e. The molecule has 0 bridgehead atoms. The summed E-state index contributed by atoms with van der Waals surface area (Å²) in [7, 11) is 0. The number of aldehydes is 1. The number of ketones is 1. The molecule has 16 heavy (non-hydrogen) atoms. The molecule has 1 aromatic rings. The molecule has 1 atom stereocenters. The number of hydrogen-bond acceptors (Lipinski definition) is 3. The summed E-state index contributed by atoms with van der Waals surface area (Å²) in [5.74, 6) is 0.480. The number of rotatable bonds is 5. The summed E-state index contributed by atoms with van der Waals surface area (Å²) in [6.07, 6.45) is 0.679. The van der Waals surface area contributed by atoms with Gasteiger partial charge in [0.1, 0.15) is 5.75 Å². The summed E-state index contributed by atoms with van der Waals surface area (Å²) in [6.45, 7) is 4.12. The first-order valence-electron chi connectivity index (χ1n) is 5.00. The molecule has 0 amide bonds. The second-order valence-electron chi connectivity index (χ2n) is 3.28. The number of hydrogen-bond donors (Lipinski definition) is 0. The normalized spacial score (nSPS) is 11.9. The predicted octanol–water partition coefficient (Wildman–Crippen LogP) is 2.86. The van der Waals surface area contributed by atoms with Crippen LogP contribution in [0.5, 0.6) is 5.75 Å². The van der Waals surface area contributed by atoms with Crippen molar-refractivity contribution in [2.75, 3.05) is 6.61 Å². The van der Waals surface area contributed by atoms with Gasteiger partial charge in [0.2, 0.25) is 0 Å². The minimum atomic E-state index is -0.317. The Morgan fingerprint density at radius 1 is 1.56 bits per heavy atom. The fourth-order valence-electron chi connectivity index (χ4n) is 1.32. The fraction of sp³-hybridized carbons (Fsp3) is 0.333. The van der Waals surface area contributed by atoms with Crippen LogP contribution in [0.1, 0.15) is 34.6 Å². The smallest absolute Gasteiger partial charge is 0.177 e. The van der Waals surface area contributed by atoms with Gasteiger partial charge in [0.05, 0.1) is 11.4 Å². The standard InChI is InChI=1S/C12H13BrO3/c1-3-16-10-5-4-9(7-14)11(6-10)12(15)8(2)13/h4-8H,3H2,1-2H3. The van der Waals surface area contributed by atoms with Gasteiger partial charge in [0.25, 0.3) is 0 Å². The van der Waals surface area contributed by atoms with Gasteiger partial charge in [-0.05, 0) is 32.0 Å². The van der Waals surface area contributed by atoms with Crippen LogP contribution in [0.4, 0.5) is 0 Å². The number of alkyl halides is 1. The molecule has 0 saturated heterocycles. The van der Waals surface area contributed by atoms with Gasteiger partial charge in [0.15, 0.2) is 12.1 Å². The van der Waals surface area contributed by atoms with Crippen LogP contribution in [0.25, 0.3) is 0 Å². The quantitative estimate of drug-likeness (QED) is 0.474. The fourth-order valence-corrected chi connectivity index (χ4v) is 1.57. The summed E-state index contributed by atoms with van der Waals surface area (Å²) in [5, 5.41) is 0. The Labute approximate surface area is 103 Å². The van der Waals surface area contributed by atoms with Crippen LogP contribution >= 0.6 is 15.9 Å². The van der Waals surface area contributed by atoms with Crippen molar-refractivity contribution in [3.8, 4) is 5.75 Å². The number of benzene rings is 1. The summed E-state index contributed by atoms with van der Waals surface area (Å²) in [6, 6.07) is 4.89. The van der Waals surface area contributed by atoms with Crippen molar-refractivity contribution in [3.63, 3.8) is 0 Å². The topological polar surface area (TPSA) is 43.4 Å². The number of Topliss-reactive ketones (excluding diaryl/α,β-unsaturated/α-hetero) is 1. The third-order valence-electron chi connectivity index (χ3n) is 2.09. The molecule has 0 spiro atoms. The Balaban J connectivity index is 3.16. The summed E-state index contributed by atoms with van der Waals surface area (Å²) >= 11 is 3.20. The SMILES string of the molecule is CCOc1ccc(C=O)c(C(=O)C(C)Br)c1. The first-order chi connectivity index (χ1) is 7.60. The molecule has 1 rings (SSSR count). The van der Waals surface area contributed by atoms with Crippen LogP contribution in [0.15, 0.2) is 18.2 Å². The number of ether oxygens (including phenoxy) is 1. The van der Waals surface area contributed by atoms with E-state index in [4.69, 9.17) is 4.74 Å². The Kier molecular flexibility index (Phi) is 4.68. The van der Waals surface area contributed by atoms with Gasteiger partial charge in [-0.1, -0.05) is 15.9 Å². The Morgan fingerprint density at radius 2 is 2.25 bits per heavy atom. The third-order valence-corrected chi connectivity index (χ3v) is 2.51. The Hall–Kier alpha value is -1.16. The molecule has 0 aliphatic heterocycles. The van der Waals surface area contributed by atoms with Gasteiger partial charge < -0.3 is 4.74 Å². The van der Waals surface area contributed by atoms with Crippen molar-refractivity contribution in [2.45, 2.75) is 18.7 Å². The summed E-state index contributed by atoms with van der Waals surface area (Å²) < 4.78 is 5.29. The first-order valence-corrected chi connectivity index (χ1v) is 5.92. The maximum atomic E-state index is 11.8. The van der Waals surface area contributed by atoms with Gasteiger partial charge in [-0.3, -0.25) is 9.59 Å². The highest BCUT2D eigenvalue weighted by molar-refractivity contribution is 9.10. The zero-order chi connectivity index (χ0) is 12.1. The van der Waals surface area contributed by atoms with Gasteiger partial charge >= 0.3 is 0 Å². The highest BCUT2D eigenvalue weighted by atomic mass is 79.9. The molecule has 0 heterocycles. The lowest BCUT2D eigenvalue weighted by atomic mass is 10.0. The van der Waals surface area contributed by atoms with E-state index in [0.717, 1.165) is 0 Å². The Bertz CT molecular complexity index is 399. The van der Waals surface area contributed by atoms with E-state index in [-0.39, 0.29) is 10.6 Å². The molecule has 0 fully saturated rings. The lowest BCUT2D eigenvalue weighted by molar-refractivity contribution is 0.0988. The van der Waals surface area contributed by atoms with E-state index >= 15 is 0 Å². The van der Waals surface area contributed by atoms with Crippen molar-refractivity contribution in [1.82, 2.24) is 0 Å². The second-order valence-corrected chi connectivity index (χ2v) is 4.65. The second kappa shape index (κ2) is 5.80. The van der Waals surface area contributed by atoms with Gasteiger partial charge in [-0.25, -0.2) is 0 Å². The van der Waals surface area contributed by atoms with E-state index in [1.807, 2.05) is 6.92 Å². The van der Waals surface area contributed by atoms with Crippen LogP contribution in [0.2, 0.25) is 0 Å². The zero-order valence-corrected chi connectivity index (χ0v) is 10.8. The van der Waals surface area contributed by atoms with Crippen molar-refractivity contribution in [1.29, 1.82) is 0 Å². The average molecular weight is 285 g/mol. The number of carbonyl (C=O) groups excluding carboxylic acids is 2. The molecule has 1 unspecified atom stereocenters. The molecule has 0 aliphatic carbocycles. The number of halogens is 1. The van der Waals surface area contributed by atoms with Crippen LogP contribution < -0.4 is 4.74 Å². The summed E-state index contributed by atoms with van der Waals surface area (Å²) in [5.41, 5.74) is 0.782. The Morgan fingerprint density at radius 3 is 2.75 bits per heavy atom. The molecule has 1 aromatic carbocycles. The molecule has 0 saturated carbocycles. The number of carbonyl (C=O) groups is 2. The van der Waals surface area contributed by atoms with Crippen molar-refractivity contribution >= 4 is 28.0 Å². The monoisotopic (exact) mass is 284 g/mol. The van der Waals surface area contributed by atoms with Crippen LogP contribution in [0, 0.1) is 0 Å². The maximum absolute atomic E-state index is 11.8. The van der Waals surface area contributed by atoms with Crippen molar-refractivity contribution < 1.29 is 14.3 Å². The molecule has 0 aliphatic rings. The van der Waals surface area contributed by atoms with E-state index < -0.39 is 0 Å². The molecule has 86 valence electrons. The average Bonchev–Trinajstić information content (AvgIpc) is 2.28. The van der Waals surface area contributed by atoms with Crippen molar-refractivity contribution in [2.24, 2.45) is 0 Å². The van der Waals surface area contributed by atoms with E-state index in [2.05, 4.69) is 15.9 Å². The van der Waals surface area contributed by atoms with Crippen LogP contribution in [-0.4, -0.2) is 23.5 Å². The van der Waals surface area contributed by atoms with Crippen LogP contribution in [-0.2, 0) is 0 Å². The van der Waals surface area contributed by atoms with Gasteiger partial charge in [-0.2, -0.15) is 0 Å². The molecule has 4 heteroatoms. The lowest BCUT2D eigenvalue weighted by Crippen LogP contribution is -2.12. The zero-order valence-electron chi connectivity index (χ0n) is 9.20. The highest BCUT2D eigenvalue weighted by Gasteiger charge is 2.16. The van der Waals surface area contributed by atoms with Gasteiger partial charge in [-0.15, -0.1) is 0 Å². The molecule has 0 radical (unpaired) electrons. The highest BCUT2D eigenvalue weighted by Crippen LogP contribution is 2.20. The molecular formula is C12H13BrO3. The van der Waals surface area contributed by atoms with Gasteiger partial charge in [0, 0.05) is 11.1 Å². The van der Waals surface area contributed by atoms with Crippen molar-refractivity contribution in [3.05, 3.63) is 29.3 Å². The lowest BCUT2D eigenvalue weighted by Gasteiger charge is -2.09. The van der Waals surface area contributed by atoms with E-state index in [0.29, 0.717) is 29.8 Å². The minimum Gasteiger partial charge on any atom is -0.494 e. The van der Waals surface area contributed by atoms with E-state index in [1.54, 1.807) is 25.1 Å². The molecule has 0 N–H and O–H groups in total. The molecule has 0 aromatic heterocycles. The summed E-state index contributed by atoms with van der Waals surface area (Å²) in [4.78, 5) is 22.3. The predicted molar refractivity (Wildman–Crippen MR) is 65.7 cm³/mol. The third kappa shape index (κ3) is 2.92. The van der Waals surface area contributed by atoms with E-state index in [1.165, 1.54) is 0 Å². The molecular weight excluding hydrogens is 272 g/mol.